The van der Waals surface area contributed by atoms with Gasteiger partial charge in [0.2, 0.25) is 0 Å². The summed E-state index contributed by atoms with van der Waals surface area (Å²) in [7, 11) is 0. The minimum atomic E-state index is -0.752. The number of rotatable bonds is 3. The van der Waals surface area contributed by atoms with E-state index < -0.39 is 23.1 Å². The second kappa shape index (κ2) is 7.89. The molecule has 2 fully saturated rings. The fraction of sp³-hybridized carbons (Fsp3) is 0.600. The lowest BCUT2D eigenvalue weighted by atomic mass is 9.89. The highest BCUT2D eigenvalue weighted by Gasteiger charge is 2.53. The Balaban J connectivity index is 1.69. The minimum Gasteiger partial charge on any atom is -0.447 e. The third kappa shape index (κ3) is 4.42. The summed E-state index contributed by atoms with van der Waals surface area (Å²) in [5, 5.41) is 2.44. The van der Waals surface area contributed by atoms with E-state index in [1.54, 1.807) is 11.0 Å². The fourth-order valence-electron chi connectivity index (χ4n) is 4.08. The van der Waals surface area contributed by atoms with Crippen LogP contribution in [0, 0.1) is 5.82 Å². The van der Waals surface area contributed by atoms with Crippen LogP contribution in [0.25, 0.3) is 0 Å². The van der Waals surface area contributed by atoms with Gasteiger partial charge in [0.25, 0.3) is 0 Å². The maximum absolute atomic E-state index is 13.9. The van der Waals surface area contributed by atoms with Gasteiger partial charge in [0.1, 0.15) is 18.0 Å². The summed E-state index contributed by atoms with van der Waals surface area (Å²) in [6, 6.07) is 4.53. The standard InChI is InChI=1S/C20H26BrFN2O4/c1-19(2,3)28-18(26)24-13-6-5-10-20(24,11-9-13)12-27-17(25)23-16-14(21)7-4-8-15(16)22/h4,7-8,13H,5-6,9-12H2,1-3H3,(H,23,25). The Hall–Kier alpha value is -1.83. The first-order valence-corrected chi connectivity index (χ1v) is 10.3. The Morgan fingerprint density at radius 1 is 1.32 bits per heavy atom. The number of piperidine rings is 1. The Labute approximate surface area is 172 Å². The predicted molar refractivity (Wildman–Crippen MR) is 107 cm³/mol. The van der Waals surface area contributed by atoms with Gasteiger partial charge in [-0.15, -0.1) is 0 Å². The van der Waals surface area contributed by atoms with E-state index in [1.807, 2.05) is 20.8 Å². The number of nitrogens with one attached hydrogen (secondary N) is 1. The van der Waals surface area contributed by atoms with Crippen molar-refractivity contribution in [2.24, 2.45) is 0 Å². The number of halogens is 2. The summed E-state index contributed by atoms with van der Waals surface area (Å²) in [5.41, 5.74) is -1.12. The van der Waals surface area contributed by atoms with Crippen LogP contribution in [0.2, 0.25) is 0 Å². The monoisotopic (exact) mass is 456 g/mol. The molecule has 2 unspecified atom stereocenters. The summed E-state index contributed by atoms with van der Waals surface area (Å²) < 4.78 is 25.4. The molecule has 2 heterocycles. The van der Waals surface area contributed by atoms with Gasteiger partial charge < -0.3 is 9.47 Å². The molecule has 0 saturated carbocycles. The molecule has 154 valence electrons. The molecule has 0 aliphatic carbocycles. The zero-order chi connectivity index (χ0) is 20.5. The maximum atomic E-state index is 13.9. The highest BCUT2D eigenvalue weighted by molar-refractivity contribution is 9.10. The number of nitrogens with zero attached hydrogens (tertiary/aromatic N) is 1. The van der Waals surface area contributed by atoms with Crippen molar-refractivity contribution in [3.8, 4) is 0 Å². The third-order valence-corrected chi connectivity index (χ3v) is 5.91. The topological polar surface area (TPSA) is 67.9 Å². The molecule has 2 amide bonds. The van der Waals surface area contributed by atoms with Crippen LogP contribution in [0.15, 0.2) is 22.7 Å². The highest BCUT2D eigenvalue weighted by atomic mass is 79.9. The van der Waals surface area contributed by atoms with Gasteiger partial charge in [-0.25, -0.2) is 14.0 Å². The van der Waals surface area contributed by atoms with E-state index >= 15 is 0 Å². The van der Waals surface area contributed by atoms with Crippen molar-refractivity contribution in [2.75, 3.05) is 11.9 Å². The molecule has 3 rings (SSSR count). The van der Waals surface area contributed by atoms with E-state index in [1.165, 1.54) is 12.1 Å². The summed E-state index contributed by atoms with van der Waals surface area (Å²) in [6.07, 6.45) is 3.15. The van der Waals surface area contributed by atoms with Crippen LogP contribution in [0.3, 0.4) is 0 Å². The quantitative estimate of drug-likeness (QED) is 0.655. The van der Waals surface area contributed by atoms with E-state index in [0.717, 1.165) is 32.1 Å². The van der Waals surface area contributed by atoms with Crippen molar-refractivity contribution in [1.82, 2.24) is 4.90 Å². The molecule has 2 atom stereocenters. The summed E-state index contributed by atoms with van der Waals surface area (Å²) in [5.74, 6) is -0.557. The zero-order valence-corrected chi connectivity index (χ0v) is 18.0. The van der Waals surface area contributed by atoms with E-state index in [9.17, 15) is 14.0 Å². The van der Waals surface area contributed by atoms with Gasteiger partial charge in [0.05, 0.1) is 11.2 Å². The number of anilines is 1. The molecule has 6 nitrogen and oxygen atoms in total. The van der Waals surface area contributed by atoms with E-state index in [0.29, 0.717) is 4.47 Å². The molecular weight excluding hydrogens is 431 g/mol. The number of carbonyl (C=O) groups excluding carboxylic acids is 2. The third-order valence-electron chi connectivity index (χ3n) is 5.25. The number of amides is 2. The molecule has 1 N–H and O–H groups in total. The molecule has 2 saturated heterocycles. The average Bonchev–Trinajstić information content (AvgIpc) is 2.82. The van der Waals surface area contributed by atoms with Gasteiger partial charge in [-0.2, -0.15) is 0 Å². The van der Waals surface area contributed by atoms with Gasteiger partial charge in [0.15, 0.2) is 0 Å². The van der Waals surface area contributed by atoms with Crippen molar-refractivity contribution < 1.29 is 23.5 Å². The number of carbonyl (C=O) groups is 2. The molecule has 28 heavy (non-hydrogen) atoms. The van der Waals surface area contributed by atoms with Gasteiger partial charge in [-0.1, -0.05) is 6.07 Å². The van der Waals surface area contributed by atoms with Gasteiger partial charge in [-0.3, -0.25) is 10.2 Å². The lowest BCUT2D eigenvalue weighted by Gasteiger charge is -2.44. The van der Waals surface area contributed by atoms with Gasteiger partial charge in [0, 0.05) is 10.5 Å². The number of hydrogen-bond acceptors (Lipinski definition) is 4. The summed E-state index contributed by atoms with van der Waals surface area (Å²) >= 11 is 3.21. The summed E-state index contributed by atoms with van der Waals surface area (Å²) in [4.78, 5) is 26.8. The maximum Gasteiger partial charge on any atom is 0.411 e. The highest BCUT2D eigenvalue weighted by Crippen LogP contribution is 2.45. The van der Waals surface area contributed by atoms with Crippen LogP contribution < -0.4 is 5.32 Å². The molecule has 2 aliphatic heterocycles. The first-order valence-electron chi connectivity index (χ1n) is 9.51. The van der Waals surface area contributed by atoms with E-state index in [-0.39, 0.29) is 24.4 Å². The largest absolute Gasteiger partial charge is 0.447 e. The second-order valence-electron chi connectivity index (χ2n) is 8.46. The fourth-order valence-corrected chi connectivity index (χ4v) is 4.52. The van der Waals surface area contributed by atoms with Crippen molar-refractivity contribution in [2.45, 2.75) is 70.1 Å². The van der Waals surface area contributed by atoms with Gasteiger partial charge in [-0.05, 0) is 80.9 Å². The first kappa shape index (κ1) is 20.9. The molecule has 0 radical (unpaired) electrons. The number of para-hydroxylation sites is 1. The molecule has 0 spiro atoms. The Morgan fingerprint density at radius 2 is 2.07 bits per heavy atom. The minimum absolute atomic E-state index is 0.0296. The molecule has 2 aliphatic rings. The van der Waals surface area contributed by atoms with Crippen LogP contribution in [-0.4, -0.2) is 40.9 Å². The van der Waals surface area contributed by atoms with Crippen molar-refractivity contribution in [3.05, 3.63) is 28.5 Å². The van der Waals surface area contributed by atoms with Crippen LogP contribution >= 0.6 is 15.9 Å². The second-order valence-corrected chi connectivity index (χ2v) is 9.31. The lowest BCUT2D eigenvalue weighted by molar-refractivity contribution is -0.0313. The number of ether oxygens (including phenoxy) is 2. The molecule has 1 aromatic rings. The zero-order valence-electron chi connectivity index (χ0n) is 16.4. The Bertz CT molecular complexity index is 743. The molecule has 0 aromatic heterocycles. The SMILES string of the molecule is CC(C)(C)OC(=O)N1C2CCCC1(COC(=O)Nc1c(F)cccc1Br)CC2. The molecule has 1 aromatic carbocycles. The van der Waals surface area contributed by atoms with Crippen LogP contribution in [0.1, 0.15) is 52.9 Å². The predicted octanol–water partition coefficient (Wildman–Crippen LogP) is 5.46. The van der Waals surface area contributed by atoms with Crippen molar-refractivity contribution in [1.29, 1.82) is 0 Å². The first-order chi connectivity index (χ1) is 13.1. The molecule has 8 heteroatoms. The van der Waals surface area contributed by atoms with Crippen LogP contribution in [-0.2, 0) is 9.47 Å². The number of fused-ring (bicyclic) bond motifs is 2. The van der Waals surface area contributed by atoms with E-state index in [4.69, 9.17) is 9.47 Å². The molecule has 2 bridgehead atoms. The van der Waals surface area contributed by atoms with E-state index in [2.05, 4.69) is 21.2 Å². The Kier molecular flexibility index (Phi) is 5.89. The van der Waals surface area contributed by atoms with Gasteiger partial charge >= 0.3 is 12.2 Å². The van der Waals surface area contributed by atoms with Crippen molar-refractivity contribution in [3.63, 3.8) is 0 Å². The number of benzene rings is 1. The van der Waals surface area contributed by atoms with Crippen LogP contribution in [0.5, 0.6) is 0 Å². The van der Waals surface area contributed by atoms with Crippen molar-refractivity contribution >= 4 is 33.8 Å². The lowest BCUT2D eigenvalue weighted by Crippen LogP contribution is -2.57. The normalized spacial score (nSPS) is 24.0. The average molecular weight is 457 g/mol. The molecular formula is C20H26BrFN2O4. The summed E-state index contributed by atoms with van der Waals surface area (Å²) in [6.45, 7) is 5.56. The smallest absolute Gasteiger partial charge is 0.411 e. The number of hydrogen-bond donors (Lipinski definition) is 1. The Morgan fingerprint density at radius 3 is 2.75 bits per heavy atom. The van der Waals surface area contributed by atoms with Crippen LogP contribution in [0.4, 0.5) is 19.7 Å².